The minimum atomic E-state index is -1.27. The van der Waals surface area contributed by atoms with Gasteiger partial charge in [0.05, 0.1) is 11.6 Å². The first-order chi connectivity index (χ1) is 20.7. The van der Waals surface area contributed by atoms with E-state index in [1.165, 1.54) is 16.7 Å². The zero-order chi connectivity index (χ0) is 30.7. The number of allylic oxidation sites excluding steroid dienone is 2. The molecule has 0 aromatic carbocycles. The fourth-order valence-electron chi connectivity index (χ4n) is 4.56. The molecule has 3 aromatic rings. The summed E-state index contributed by atoms with van der Waals surface area (Å²) in [7, 11) is 0. The summed E-state index contributed by atoms with van der Waals surface area (Å²) in [6.07, 6.45) is 6.76. The maximum Gasteiger partial charge on any atom is 0.352 e. The second kappa shape index (κ2) is 12.3. The van der Waals surface area contributed by atoms with Crippen molar-refractivity contribution in [1.82, 2.24) is 25.5 Å². The number of aromatic amines is 1. The number of nitrogens with two attached hydrogens (primary N) is 1. The van der Waals surface area contributed by atoms with Crippen molar-refractivity contribution < 1.29 is 33.7 Å². The zero-order valence-corrected chi connectivity index (χ0v) is 24.1. The number of nitrogens with zero attached hydrogens (tertiary/aromatic N) is 5. The van der Waals surface area contributed by atoms with Crippen LogP contribution in [-0.4, -0.2) is 73.2 Å². The standard InChI is InChI=1S/C26H23N9O6S2/c1-2-41-33-17(16-11-43-26(28)31-16)22(37)32-18-23(38)35-19(25(39)40)14(10-42-24(18)35)6-4-8-34-7-3-5-13-9-15(30-20(13)34)21(36)29-12-27/h3-7,9,11,18,24H,2,8,10H2,1H3,(H5,28,29,31,32,36,37,39,40)/p+1/b6-4+,33-17-/t18-,24-/m1/s1. The number of nitrogens with one attached hydrogen (secondary N) is 3. The van der Waals surface area contributed by atoms with E-state index in [9.17, 15) is 24.3 Å². The van der Waals surface area contributed by atoms with Crippen molar-refractivity contribution in [2.75, 3.05) is 18.1 Å². The SMILES string of the molecule is CCO/N=C(\C(=O)N[C@@H]1C(=O)N2C(C(=O)O)=C(/C=C/C[n+]3cccc4cc(C(=O)NC#N)[nH]c43)CS[C@H]12)c1csc(N)n1. The van der Waals surface area contributed by atoms with Crippen LogP contribution in [0, 0.1) is 11.5 Å². The van der Waals surface area contributed by atoms with E-state index in [1.54, 1.807) is 55.0 Å². The lowest BCUT2D eigenvalue weighted by molar-refractivity contribution is -0.662. The first-order valence-corrected chi connectivity index (χ1v) is 14.7. The van der Waals surface area contributed by atoms with Crippen LogP contribution in [0.1, 0.15) is 23.1 Å². The van der Waals surface area contributed by atoms with Crippen molar-refractivity contribution in [3.05, 3.63) is 64.6 Å². The molecule has 1 saturated heterocycles. The molecular weight excluding hydrogens is 598 g/mol. The number of carbonyl (C=O) groups is 4. The smallest absolute Gasteiger partial charge is 0.352 e. The van der Waals surface area contributed by atoms with Crippen LogP contribution in [0.4, 0.5) is 5.13 Å². The average molecular weight is 623 g/mol. The van der Waals surface area contributed by atoms with E-state index >= 15 is 0 Å². The second-order valence-electron chi connectivity index (χ2n) is 9.08. The molecule has 220 valence electrons. The third-order valence-corrected chi connectivity index (χ3v) is 8.42. The van der Waals surface area contributed by atoms with Gasteiger partial charge in [-0.2, -0.15) is 5.26 Å². The first-order valence-electron chi connectivity index (χ1n) is 12.7. The van der Waals surface area contributed by atoms with Crippen LogP contribution in [-0.2, 0) is 25.8 Å². The van der Waals surface area contributed by atoms with E-state index in [-0.39, 0.29) is 40.3 Å². The van der Waals surface area contributed by atoms with Gasteiger partial charge in [0.1, 0.15) is 36.0 Å². The Hall–Kier alpha value is -5.21. The number of hydrogen-bond acceptors (Lipinski definition) is 11. The highest BCUT2D eigenvalue weighted by Gasteiger charge is 2.54. The molecule has 0 radical (unpaired) electrons. The molecule has 0 saturated carbocycles. The van der Waals surface area contributed by atoms with E-state index in [0.717, 1.165) is 16.7 Å². The number of nitrogen functional groups attached to an aromatic ring is 1. The maximum atomic E-state index is 13.1. The number of pyridine rings is 1. The van der Waals surface area contributed by atoms with Gasteiger partial charge in [0.25, 0.3) is 17.5 Å². The third kappa shape index (κ3) is 5.78. The number of fused-ring (bicyclic) bond motifs is 2. The molecule has 17 heteroatoms. The summed E-state index contributed by atoms with van der Waals surface area (Å²) in [5.41, 5.74) is 6.85. The highest BCUT2D eigenvalue weighted by Crippen LogP contribution is 2.40. The van der Waals surface area contributed by atoms with Crippen molar-refractivity contribution in [1.29, 1.82) is 5.26 Å². The normalized spacial score (nSPS) is 18.3. The van der Waals surface area contributed by atoms with E-state index in [1.807, 2.05) is 4.57 Å². The Balaban J connectivity index is 1.32. The zero-order valence-electron chi connectivity index (χ0n) is 22.4. The average Bonchev–Trinajstić information content (AvgIpc) is 3.62. The van der Waals surface area contributed by atoms with Crippen LogP contribution < -0.4 is 20.9 Å². The molecule has 1 fully saturated rings. The van der Waals surface area contributed by atoms with Crippen LogP contribution in [0.2, 0.25) is 0 Å². The van der Waals surface area contributed by atoms with Gasteiger partial charge in [-0.15, -0.1) is 23.1 Å². The van der Waals surface area contributed by atoms with Gasteiger partial charge < -0.3 is 21.0 Å². The van der Waals surface area contributed by atoms with Gasteiger partial charge in [0.2, 0.25) is 0 Å². The van der Waals surface area contributed by atoms with Crippen LogP contribution in [0.15, 0.2) is 58.4 Å². The number of carboxylic acids is 1. The van der Waals surface area contributed by atoms with Gasteiger partial charge in [-0.25, -0.2) is 19.3 Å². The molecule has 5 heterocycles. The molecule has 2 atom stereocenters. The number of carboxylic acid groups (broad SMARTS) is 1. The van der Waals surface area contributed by atoms with Gasteiger partial charge in [0.15, 0.2) is 22.7 Å². The minimum absolute atomic E-state index is 0.146. The second-order valence-corrected chi connectivity index (χ2v) is 11.1. The molecule has 5 rings (SSSR count). The lowest BCUT2D eigenvalue weighted by Gasteiger charge is -2.49. The molecule has 0 aliphatic carbocycles. The number of thioether (sulfide) groups is 1. The molecule has 2 aliphatic heterocycles. The largest absolute Gasteiger partial charge is 0.477 e. The fraction of sp³-hybridized carbons (Fsp3) is 0.231. The molecule has 0 spiro atoms. The number of aliphatic carboxylic acids is 1. The Morgan fingerprint density at radius 2 is 2.26 bits per heavy atom. The Labute approximate surface area is 251 Å². The van der Waals surface area contributed by atoms with Gasteiger partial charge in [0, 0.05) is 17.2 Å². The molecular formula is C26H24N9O6S2+. The molecule has 43 heavy (non-hydrogen) atoms. The maximum absolute atomic E-state index is 13.1. The summed E-state index contributed by atoms with van der Waals surface area (Å²) >= 11 is 2.43. The Morgan fingerprint density at radius 1 is 1.44 bits per heavy atom. The number of rotatable bonds is 10. The third-order valence-electron chi connectivity index (χ3n) is 6.44. The van der Waals surface area contributed by atoms with Crippen LogP contribution in [0.3, 0.4) is 0 Å². The van der Waals surface area contributed by atoms with Crippen molar-refractivity contribution >= 4 is 68.7 Å². The van der Waals surface area contributed by atoms with Crippen LogP contribution in [0.5, 0.6) is 0 Å². The highest BCUT2D eigenvalue weighted by molar-refractivity contribution is 8.00. The number of β-lactam (4-membered cyclic amide) rings is 1. The molecule has 0 bridgehead atoms. The summed E-state index contributed by atoms with van der Waals surface area (Å²) in [5, 5.41) is 29.1. The monoisotopic (exact) mass is 622 g/mol. The predicted molar refractivity (Wildman–Crippen MR) is 155 cm³/mol. The van der Waals surface area contributed by atoms with Crippen molar-refractivity contribution in [3.8, 4) is 6.19 Å². The number of hydrogen-bond donors (Lipinski definition) is 5. The number of thiazole rings is 1. The van der Waals surface area contributed by atoms with E-state index in [4.69, 9.17) is 15.8 Å². The van der Waals surface area contributed by atoms with E-state index < -0.39 is 35.1 Å². The van der Waals surface area contributed by atoms with Crippen LogP contribution >= 0.6 is 23.1 Å². The van der Waals surface area contributed by atoms with E-state index in [0.29, 0.717) is 17.8 Å². The molecule has 0 unspecified atom stereocenters. The highest BCUT2D eigenvalue weighted by atomic mass is 32.2. The lowest BCUT2D eigenvalue weighted by atomic mass is 10.0. The molecule has 3 aromatic heterocycles. The van der Waals surface area contributed by atoms with Crippen molar-refractivity contribution in [3.63, 3.8) is 0 Å². The Kier molecular flexibility index (Phi) is 8.41. The summed E-state index contributed by atoms with van der Waals surface area (Å²) in [6, 6.07) is 4.24. The number of aromatic nitrogens is 3. The number of carbonyl (C=O) groups excluding carboxylic acids is 3. The quantitative estimate of drug-likeness (QED) is 0.0524. The lowest BCUT2D eigenvalue weighted by Crippen LogP contribution is -2.71. The van der Waals surface area contributed by atoms with E-state index in [2.05, 4.69) is 25.8 Å². The Morgan fingerprint density at radius 3 is 2.95 bits per heavy atom. The number of amides is 3. The summed E-state index contributed by atoms with van der Waals surface area (Å²) in [4.78, 5) is 63.7. The van der Waals surface area contributed by atoms with Gasteiger partial charge in [-0.3, -0.25) is 24.6 Å². The van der Waals surface area contributed by atoms with Crippen molar-refractivity contribution in [2.24, 2.45) is 5.16 Å². The minimum Gasteiger partial charge on any atom is -0.477 e. The fourth-order valence-corrected chi connectivity index (χ4v) is 6.43. The molecule has 15 nitrogen and oxygen atoms in total. The van der Waals surface area contributed by atoms with Gasteiger partial charge in [-0.1, -0.05) is 11.2 Å². The predicted octanol–water partition coefficient (Wildman–Crippen LogP) is 0.441. The van der Waals surface area contributed by atoms with Crippen LogP contribution in [0.25, 0.3) is 11.0 Å². The Bertz CT molecular complexity index is 1770. The molecule has 6 N–H and O–H groups in total. The number of anilines is 1. The molecule has 2 aliphatic rings. The van der Waals surface area contributed by atoms with Gasteiger partial charge >= 0.3 is 11.9 Å². The first kappa shape index (κ1) is 29.3. The van der Waals surface area contributed by atoms with Crippen molar-refractivity contribution in [2.45, 2.75) is 24.9 Å². The summed E-state index contributed by atoms with van der Waals surface area (Å²) in [5.74, 6) is -2.84. The number of oxime groups is 1. The molecule has 3 amide bonds. The number of nitriles is 1. The number of H-pyrrole nitrogens is 1. The summed E-state index contributed by atoms with van der Waals surface area (Å²) < 4.78 is 1.81. The summed E-state index contributed by atoms with van der Waals surface area (Å²) in [6.45, 7) is 2.21. The topological polar surface area (TPSA) is 220 Å². The van der Waals surface area contributed by atoms with Gasteiger partial charge in [-0.05, 0) is 30.7 Å².